The van der Waals surface area contributed by atoms with Crippen LogP contribution in [0.5, 0.6) is 0 Å². The Morgan fingerprint density at radius 3 is 3.15 bits per heavy atom. The summed E-state index contributed by atoms with van der Waals surface area (Å²) < 4.78 is 19.1. The largest absolute Gasteiger partial charge is 0.381 e. The van der Waals surface area contributed by atoms with Gasteiger partial charge >= 0.3 is 0 Å². The summed E-state index contributed by atoms with van der Waals surface area (Å²) in [6, 6.07) is 4.34. The molecule has 1 aliphatic rings. The van der Waals surface area contributed by atoms with E-state index in [1.165, 1.54) is 23.5 Å². The summed E-state index contributed by atoms with van der Waals surface area (Å²) in [6.07, 6.45) is 0.964. The Morgan fingerprint density at radius 2 is 2.40 bits per heavy atom. The number of nitrogens with one attached hydrogen (secondary N) is 1. The zero-order chi connectivity index (χ0) is 14.1. The summed E-state index contributed by atoms with van der Waals surface area (Å²) in [5, 5.41) is 3.98. The minimum Gasteiger partial charge on any atom is -0.381 e. The second-order valence-corrected chi connectivity index (χ2v) is 6.26. The van der Waals surface area contributed by atoms with Crippen LogP contribution in [-0.4, -0.2) is 25.7 Å². The van der Waals surface area contributed by atoms with E-state index >= 15 is 0 Å². The zero-order valence-electron chi connectivity index (χ0n) is 10.6. The number of carbonyl (C=O) groups is 1. The van der Waals surface area contributed by atoms with Crippen LogP contribution >= 0.6 is 22.9 Å². The van der Waals surface area contributed by atoms with Crippen molar-refractivity contribution in [2.75, 3.05) is 19.8 Å². The highest BCUT2D eigenvalue weighted by atomic mass is 35.5. The van der Waals surface area contributed by atoms with Crippen molar-refractivity contribution in [2.24, 2.45) is 5.92 Å². The van der Waals surface area contributed by atoms with Crippen LogP contribution in [0, 0.1) is 11.7 Å². The van der Waals surface area contributed by atoms with E-state index in [-0.39, 0.29) is 11.7 Å². The number of ether oxygens (including phenoxy) is 1. The van der Waals surface area contributed by atoms with E-state index in [4.69, 9.17) is 16.3 Å². The van der Waals surface area contributed by atoms with Gasteiger partial charge in [0.1, 0.15) is 10.7 Å². The summed E-state index contributed by atoms with van der Waals surface area (Å²) in [4.78, 5) is 12.6. The molecule has 1 unspecified atom stereocenters. The van der Waals surface area contributed by atoms with Crippen molar-refractivity contribution in [1.82, 2.24) is 5.32 Å². The van der Waals surface area contributed by atoms with Crippen molar-refractivity contribution in [3.8, 4) is 0 Å². The quantitative estimate of drug-likeness (QED) is 0.942. The lowest BCUT2D eigenvalue weighted by atomic mass is 10.1. The molecule has 1 aliphatic heterocycles. The number of halogens is 2. The molecule has 1 N–H and O–H groups in total. The van der Waals surface area contributed by atoms with Crippen molar-refractivity contribution in [2.45, 2.75) is 6.42 Å². The maximum Gasteiger partial charge on any atom is 0.262 e. The molecule has 1 fully saturated rings. The Bertz CT molecular complexity index is 652. The van der Waals surface area contributed by atoms with Gasteiger partial charge in [0.15, 0.2) is 0 Å². The maximum absolute atomic E-state index is 13.2. The van der Waals surface area contributed by atoms with E-state index in [0.717, 1.165) is 13.0 Å². The average Bonchev–Trinajstić information content (AvgIpc) is 3.04. The van der Waals surface area contributed by atoms with Crippen molar-refractivity contribution in [1.29, 1.82) is 0 Å². The molecule has 106 valence electrons. The Hall–Kier alpha value is -1.17. The van der Waals surface area contributed by atoms with Crippen molar-refractivity contribution < 1.29 is 13.9 Å². The van der Waals surface area contributed by atoms with Crippen LogP contribution in [0.4, 0.5) is 4.39 Å². The van der Waals surface area contributed by atoms with E-state index in [2.05, 4.69) is 5.32 Å². The maximum atomic E-state index is 13.2. The SMILES string of the molecule is O=C(NCC1CCOC1)c1sc2cc(F)ccc2c1Cl. The highest BCUT2D eigenvalue weighted by Crippen LogP contribution is 2.35. The predicted molar refractivity (Wildman–Crippen MR) is 78.1 cm³/mol. The van der Waals surface area contributed by atoms with Gasteiger partial charge in [-0.3, -0.25) is 4.79 Å². The zero-order valence-corrected chi connectivity index (χ0v) is 12.2. The molecule has 2 heterocycles. The number of benzene rings is 1. The van der Waals surface area contributed by atoms with Gasteiger partial charge in [-0.1, -0.05) is 11.6 Å². The first-order chi connectivity index (χ1) is 9.65. The summed E-state index contributed by atoms with van der Waals surface area (Å²) in [5.74, 6) is -0.168. The number of thiophene rings is 1. The highest BCUT2D eigenvalue weighted by molar-refractivity contribution is 7.21. The molecule has 1 atom stereocenters. The summed E-state index contributed by atoms with van der Waals surface area (Å²) in [5.41, 5.74) is 0. The first-order valence-corrected chi connectivity index (χ1v) is 7.58. The van der Waals surface area contributed by atoms with Crippen LogP contribution in [0.2, 0.25) is 5.02 Å². The molecule has 3 rings (SSSR count). The van der Waals surface area contributed by atoms with E-state index in [1.807, 2.05) is 0 Å². The normalized spacial score (nSPS) is 18.6. The molecule has 0 bridgehead atoms. The second-order valence-electron chi connectivity index (χ2n) is 4.83. The third kappa shape index (κ3) is 2.66. The monoisotopic (exact) mass is 313 g/mol. The molecule has 3 nitrogen and oxygen atoms in total. The number of carbonyl (C=O) groups excluding carboxylic acids is 1. The molecule has 0 saturated carbocycles. The molecular weight excluding hydrogens is 301 g/mol. The summed E-state index contributed by atoms with van der Waals surface area (Å²) in [6.45, 7) is 2.02. The standard InChI is InChI=1S/C14H13ClFNO2S/c15-12-10-2-1-9(16)5-11(10)20-13(12)14(18)17-6-8-3-4-19-7-8/h1-2,5,8H,3-4,6-7H2,(H,17,18). The van der Waals surface area contributed by atoms with Crippen LogP contribution in [0.25, 0.3) is 10.1 Å². The topological polar surface area (TPSA) is 38.3 Å². The summed E-state index contributed by atoms with van der Waals surface area (Å²) in [7, 11) is 0. The molecule has 20 heavy (non-hydrogen) atoms. The fraction of sp³-hybridized carbons (Fsp3) is 0.357. The molecule has 0 spiro atoms. The first-order valence-electron chi connectivity index (χ1n) is 6.38. The lowest BCUT2D eigenvalue weighted by molar-refractivity contribution is 0.0949. The van der Waals surface area contributed by atoms with Crippen molar-refractivity contribution in [3.05, 3.63) is 33.9 Å². The van der Waals surface area contributed by atoms with E-state index in [9.17, 15) is 9.18 Å². The number of hydrogen-bond donors (Lipinski definition) is 1. The number of rotatable bonds is 3. The molecule has 0 radical (unpaired) electrons. The van der Waals surface area contributed by atoms with Crippen molar-refractivity contribution >= 4 is 38.9 Å². The van der Waals surface area contributed by atoms with Gasteiger partial charge in [0.25, 0.3) is 5.91 Å². The molecule has 2 aromatic rings. The van der Waals surface area contributed by atoms with E-state index in [1.54, 1.807) is 6.07 Å². The Balaban J connectivity index is 1.78. The van der Waals surface area contributed by atoms with E-state index in [0.29, 0.717) is 39.1 Å². The van der Waals surface area contributed by atoms with Crippen LogP contribution in [-0.2, 0) is 4.74 Å². The fourth-order valence-corrected chi connectivity index (χ4v) is 3.70. The van der Waals surface area contributed by atoms with Gasteiger partial charge in [0.2, 0.25) is 0 Å². The van der Waals surface area contributed by atoms with Gasteiger partial charge in [0.05, 0.1) is 11.6 Å². The second kappa shape index (κ2) is 5.68. The first kappa shape index (κ1) is 13.8. The smallest absolute Gasteiger partial charge is 0.262 e. The predicted octanol–water partition coefficient (Wildman–Crippen LogP) is 3.46. The van der Waals surface area contributed by atoms with Gasteiger partial charge in [-0.2, -0.15) is 0 Å². The molecule has 1 amide bonds. The molecule has 1 aromatic carbocycles. The van der Waals surface area contributed by atoms with Crippen LogP contribution in [0.15, 0.2) is 18.2 Å². The Kier molecular flexibility index (Phi) is 3.92. The van der Waals surface area contributed by atoms with Gasteiger partial charge in [-0.05, 0) is 24.6 Å². The van der Waals surface area contributed by atoms with Crippen LogP contribution in [0.3, 0.4) is 0 Å². The van der Waals surface area contributed by atoms with Gasteiger partial charge in [0, 0.05) is 29.2 Å². The minimum atomic E-state index is -0.328. The Labute approximate surface area is 124 Å². The minimum absolute atomic E-state index is 0.205. The number of fused-ring (bicyclic) bond motifs is 1. The molecule has 6 heteroatoms. The number of amides is 1. The average molecular weight is 314 g/mol. The van der Waals surface area contributed by atoms with E-state index < -0.39 is 0 Å². The van der Waals surface area contributed by atoms with Crippen molar-refractivity contribution in [3.63, 3.8) is 0 Å². The molecule has 0 aliphatic carbocycles. The van der Waals surface area contributed by atoms with Crippen LogP contribution < -0.4 is 5.32 Å². The third-order valence-electron chi connectivity index (χ3n) is 3.37. The van der Waals surface area contributed by atoms with Gasteiger partial charge < -0.3 is 10.1 Å². The fourth-order valence-electron chi connectivity index (χ4n) is 2.25. The van der Waals surface area contributed by atoms with Gasteiger partial charge in [-0.15, -0.1) is 11.3 Å². The molecular formula is C14H13ClFNO2S. The Morgan fingerprint density at radius 1 is 1.55 bits per heavy atom. The third-order valence-corrected chi connectivity index (χ3v) is 5.03. The molecule has 1 aromatic heterocycles. The summed E-state index contributed by atoms with van der Waals surface area (Å²) >= 11 is 7.42. The van der Waals surface area contributed by atoms with Gasteiger partial charge in [-0.25, -0.2) is 4.39 Å². The molecule has 1 saturated heterocycles. The lowest BCUT2D eigenvalue weighted by Crippen LogP contribution is -2.29. The highest BCUT2D eigenvalue weighted by Gasteiger charge is 2.20. The lowest BCUT2D eigenvalue weighted by Gasteiger charge is -2.08. The van der Waals surface area contributed by atoms with Crippen LogP contribution in [0.1, 0.15) is 16.1 Å². The number of hydrogen-bond acceptors (Lipinski definition) is 3.